The minimum Gasteiger partial charge on any atom is -0.242 e. The third-order valence-electron chi connectivity index (χ3n) is 0.945. The van der Waals surface area contributed by atoms with E-state index in [2.05, 4.69) is 5.10 Å². The number of hydrogen-bond acceptors (Lipinski definition) is 1. The first-order valence-corrected chi connectivity index (χ1v) is 2.36. The predicted molar refractivity (Wildman–Crippen MR) is 27.9 cm³/mol. The predicted octanol–water partition coefficient (Wildman–Crippen LogP) is 0.868. The minimum absolute atomic E-state index is 0.289. The molecule has 0 N–H and O–H groups in total. The lowest BCUT2D eigenvalue weighted by Crippen LogP contribution is -1.92. The van der Waals surface area contributed by atoms with Gasteiger partial charge in [0.15, 0.2) is 0 Å². The van der Waals surface area contributed by atoms with Gasteiger partial charge in [-0.1, -0.05) is 0 Å². The van der Waals surface area contributed by atoms with Crippen molar-refractivity contribution in [2.45, 2.75) is 6.92 Å². The summed E-state index contributed by atoms with van der Waals surface area (Å²) in [5.74, 6) is -0.289. The number of aryl methyl sites for hydroxylation is 2. The Morgan fingerprint density at radius 3 is 2.50 bits per heavy atom. The molecule has 0 aromatic carbocycles. The fourth-order valence-electron chi connectivity index (χ4n) is 0.579. The van der Waals surface area contributed by atoms with Crippen molar-refractivity contribution >= 4 is 0 Å². The topological polar surface area (TPSA) is 17.8 Å². The van der Waals surface area contributed by atoms with Crippen LogP contribution in [0.3, 0.4) is 0 Å². The van der Waals surface area contributed by atoms with Crippen molar-refractivity contribution < 1.29 is 4.39 Å². The summed E-state index contributed by atoms with van der Waals surface area (Å²) in [6, 6.07) is 1.39. The fraction of sp³-hybridized carbons (Fsp3) is 0.400. The molecule has 1 rings (SSSR count). The molecule has 0 aliphatic rings. The van der Waals surface area contributed by atoms with Gasteiger partial charge in [0.25, 0.3) is 0 Å². The monoisotopic (exact) mass is 114 g/mol. The van der Waals surface area contributed by atoms with Crippen LogP contribution in [0, 0.1) is 12.9 Å². The van der Waals surface area contributed by atoms with Crippen LogP contribution in [-0.4, -0.2) is 9.78 Å². The lowest BCUT2D eigenvalue weighted by Gasteiger charge is -1.83. The molecule has 1 heterocycles. The van der Waals surface area contributed by atoms with E-state index in [-0.39, 0.29) is 5.95 Å². The van der Waals surface area contributed by atoms with Crippen molar-refractivity contribution in [3.63, 3.8) is 0 Å². The highest BCUT2D eigenvalue weighted by atomic mass is 19.1. The van der Waals surface area contributed by atoms with Crippen molar-refractivity contribution in [3.8, 4) is 0 Å². The molecular weight excluding hydrogens is 107 g/mol. The quantitative estimate of drug-likeness (QED) is 0.489. The van der Waals surface area contributed by atoms with Gasteiger partial charge in [-0.05, 0) is 6.92 Å². The zero-order valence-corrected chi connectivity index (χ0v) is 4.85. The average molecular weight is 114 g/mol. The molecule has 0 amide bonds. The Balaban J connectivity index is 3.14. The van der Waals surface area contributed by atoms with Gasteiger partial charge < -0.3 is 0 Å². The highest BCUT2D eigenvalue weighted by Crippen LogP contribution is 1.96. The minimum atomic E-state index is -0.289. The Kier molecular flexibility index (Phi) is 1.04. The van der Waals surface area contributed by atoms with Crippen molar-refractivity contribution in [1.29, 1.82) is 0 Å². The fourth-order valence-corrected chi connectivity index (χ4v) is 0.579. The molecule has 0 saturated heterocycles. The van der Waals surface area contributed by atoms with E-state index in [0.29, 0.717) is 5.69 Å². The Bertz CT molecular complexity index is 173. The maximum Gasteiger partial charge on any atom is 0.211 e. The van der Waals surface area contributed by atoms with Crippen LogP contribution in [0.2, 0.25) is 0 Å². The third-order valence-corrected chi connectivity index (χ3v) is 0.945. The number of aromatic nitrogens is 2. The smallest absolute Gasteiger partial charge is 0.211 e. The van der Waals surface area contributed by atoms with Crippen LogP contribution in [0.15, 0.2) is 6.07 Å². The van der Waals surface area contributed by atoms with Crippen molar-refractivity contribution in [2.24, 2.45) is 7.05 Å². The van der Waals surface area contributed by atoms with Crippen LogP contribution in [0.1, 0.15) is 5.69 Å². The molecule has 0 fully saturated rings. The first kappa shape index (κ1) is 5.28. The summed E-state index contributed by atoms with van der Waals surface area (Å²) in [6.07, 6.45) is 0. The lowest BCUT2D eigenvalue weighted by atomic mass is 10.5. The van der Waals surface area contributed by atoms with Gasteiger partial charge in [0.1, 0.15) is 0 Å². The van der Waals surface area contributed by atoms with E-state index in [0.717, 1.165) is 0 Å². The summed E-state index contributed by atoms with van der Waals surface area (Å²) < 4.78 is 13.4. The van der Waals surface area contributed by atoms with Crippen molar-refractivity contribution in [3.05, 3.63) is 17.7 Å². The second-order valence-electron chi connectivity index (χ2n) is 1.73. The zero-order valence-electron chi connectivity index (χ0n) is 4.85. The Hall–Kier alpha value is -0.860. The summed E-state index contributed by atoms with van der Waals surface area (Å²) in [5.41, 5.74) is 0.713. The lowest BCUT2D eigenvalue weighted by molar-refractivity contribution is 0.503. The van der Waals surface area contributed by atoms with Crippen LogP contribution in [0.5, 0.6) is 0 Å². The van der Waals surface area contributed by atoms with Crippen LogP contribution in [-0.2, 0) is 7.05 Å². The summed E-state index contributed by atoms with van der Waals surface area (Å²) in [5, 5.41) is 3.75. The molecule has 2 nitrogen and oxygen atoms in total. The first-order chi connectivity index (χ1) is 3.70. The second kappa shape index (κ2) is 1.58. The van der Waals surface area contributed by atoms with E-state index in [4.69, 9.17) is 0 Å². The molecule has 1 aromatic rings. The van der Waals surface area contributed by atoms with Gasteiger partial charge in [0.2, 0.25) is 5.95 Å². The Morgan fingerprint density at radius 2 is 2.38 bits per heavy atom. The molecule has 0 bridgehead atoms. The Morgan fingerprint density at radius 1 is 1.75 bits per heavy atom. The van der Waals surface area contributed by atoms with E-state index in [1.165, 1.54) is 10.7 Å². The summed E-state index contributed by atoms with van der Waals surface area (Å²) in [7, 11) is 1.57. The number of halogens is 1. The van der Waals surface area contributed by atoms with Gasteiger partial charge in [0, 0.05) is 13.1 Å². The van der Waals surface area contributed by atoms with Crippen LogP contribution < -0.4 is 0 Å². The van der Waals surface area contributed by atoms with Crippen LogP contribution >= 0.6 is 0 Å². The van der Waals surface area contributed by atoms with Gasteiger partial charge >= 0.3 is 0 Å². The van der Waals surface area contributed by atoms with E-state index in [1.54, 1.807) is 14.0 Å². The van der Waals surface area contributed by atoms with Gasteiger partial charge in [-0.3, -0.25) is 0 Å². The number of nitrogens with zero attached hydrogens (tertiary/aromatic N) is 2. The summed E-state index contributed by atoms with van der Waals surface area (Å²) in [6.45, 7) is 1.75. The molecule has 0 spiro atoms. The second-order valence-corrected chi connectivity index (χ2v) is 1.73. The largest absolute Gasteiger partial charge is 0.242 e. The normalized spacial score (nSPS) is 9.88. The Labute approximate surface area is 46.9 Å². The molecule has 0 aliphatic carbocycles. The number of hydrogen-bond donors (Lipinski definition) is 0. The van der Waals surface area contributed by atoms with E-state index in [9.17, 15) is 4.39 Å². The SMILES string of the molecule is Cc1cc(F)n(C)n1. The third kappa shape index (κ3) is 0.710. The molecule has 1 aromatic heterocycles. The molecule has 0 radical (unpaired) electrons. The highest BCUT2D eigenvalue weighted by Gasteiger charge is 1.95. The maximum atomic E-state index is 12.2. The summed E-state index contributed by atoms with van der Waals surface area (Å²) in [4.78, 5) is 0. The first-order valence-electron chi connectivity index (χ1n) is 2.36. The van der Waals surface area contributed by atoms with Crippen LogP contribution in [0.25, 0.3) is 0 Å². The summed E-state index contributed by atoms with van der Waals surface area (Å²) >= 11 is 0. The van der Waals surface area contributed by atoms with Gasteiger partial charge in [-0.15, -0.1) is 0 Å². The molecule has 44 valence electrons. The zero-order chi connectivity index (χ0) is 6.15. The van der Waals surface area contributed by atoms with Gasteiger partial charge in [0.05, 0.1) is 5.69 Å². The molecular formula is C5H7FN2. The maximum absolute atomic E-state index is 12.2. The van der Waals surface area contributed by atoms with Gasteiger partial charge in [-0.25, -0.2) is 4.68 Å². The van der Waals surface area contributed by atoms with E-state index >= 15 is 0 Å². The molecule has 3 heteroatoms. The van der Waals surface area contributed by atoms with Gasteiger partial charge in [-0.2, -0.15) is 9.49 Å². The van der Waals surface area contributed by atoms with E-state index < -0.39 is 0 Å². The van der Waals surface area contributed by atoms with Crippen molar-refractivity contribution in [2.75, 3.05) is 0 Å². The molecule has 0 aliphatic heterocycles. The molecule has 0 saturated carbocycles. The van der Waals surface area contributed by atoms with Crippen molar-refractivity contribution in [1.82, 2.24) is 9.78 Å². The van der Waals surface area contributed by atoms with Crippen LogP contribution in [0.4, 0.5) is 4.39 Å². The van der Waals surface area contributed by atoms with E-state index in [1.807, 2.05) is 0 Å². The molecule has 0 atom stereocenters. The molecule has 0 unspecified atom stereocenters. The highest BCUT2D eigenvalue weighted by molar-refractivity contribution is 4.96. The average Bonchev–Trinajstić information content (AvgIpc) is 1.85. The standard InChI is InChI=1S/C5H7FN2/c1-4-3-5(6)8(2)7-4/h3H,1-2H3. The molecule has 8 heavy (non-hydrogen) atoms. The number of rotatable bonds is 0.